The number of aromatic nitrogens is 4. The molecule has 0 bridgehead atoms. The first-order valence-corrected chi connectivity index (χ1v) is 5.32. The van der Waals surface area contributed by atoms with Crippen LogP contribution in [-0.4, -0.2) is 44.6 Å². The molecule has 6 heteroatoms. The number of anilines is 1. The molecule has 0 aromatic carbocycles. The highest BCUT2D eigenvalue weighted by Gasteiger charge is 2.07. The molecule has 0 unspecified atom stereocenters. The minimum absolute atomic E-state index is 0.438. The zero-order valence-corrected chi connectivity index (χ0v) is 9.59. The van der Waals surface area contributed by atoms with Crippen molar-refractivity contribution < 1.29 is 0 Å². The van der Waals surface area contributed by atoms with Crippen molar-refractivity contribution in [1.29, 1.82) is 0 Å². The van der Waals surface area contributed by atoms with Gasteiger partial charge in [-0.1, -0.05) is 6.92 Å². The monoisotopic (exact) mass is 220 g/mol. The Labute approximate surface area is 94.1 Å². The molecule has 0 aliphatic heterocycles. The van der Waals surface area contributed by atoms with Gasteiger partial charge in [0.2, 0.25) is 0 Å². The summed E-state index contributed by atoms with van der Waals surface area (Å²) in [4.78, 5) is 14.6. The van der Waals surface area contributed by atoms with Crippen LogP contribution in [0.15, 0.2) is 12.7 Å². The van der Waals surface area contributed by atoms with E-state index < -0.39 is 0 Å². The van der Waals surface area contributed by atoms with Gasteiger partial charge < -0.3 is 15.2 Å². The summed E-state index contributed by atoms with van der Waals surface area (Å²) in [5, 5.41) is 0. The fourth-order valence-corrected chi connectivity index (χ4v) is 1.50. The standard InChI is InChI=1S/C10H16N6/c1-3-15(2)4-5-16-7-14-8-9(11)12-6-13-10(8)16/h6-7H,3-5H2,1-2H3,(H2,11,12,13). The van der Waals surface area contributed by atoms with Gasteiger partial charge in [0.05, 0.1) is 6.33 Å². The third kappa shape index (κ3) is 1.96. The minimum Gasteiger partial charge on any atom is -0.382 e. The summed E-state index contributed by atoms with van der Waals surface area (Å²) in [7, 11) is 2.09. The van der Waals surface area contributed by atoms with Crippen molar-refractivity contribution in [2.24, 2.45) is 0 Å². The van der Waals surface area contributed by atoms with Gasteiger partial charge in [-0.3, -0.25) is 0 Å². The first-order valence-electron chi connectivity index (χ1n) is 5.32. The van der Waals surface area contributed by atoms with Crippen molar-refractivity contribution in [2.75, 3.05) is 25.9 Å². The summed E-state index contributed by atoms with van der Waals surface area (Å²) in [6.07, 6.45) is 3.23. The van der Waals surface area contributed by atoms with Gasteiger partial charge in [0.15, 0.2) is 11.5 Å². The van der Waals surface area contributed by atoms with Crippen LogP contribution < -0.4 is 5.73 Å². The maximum absolute atomic E-state index is 5.71. The average molecular weight is 220 g/mol. The van der Waals surface area contributed by atoms with Crippen LogP contribution in [0.1, 0.15) is 6.92 Å². The van der Waals surface area contributed by atoms with E-state index in [2.05, 4.69) is 33.8 Å². The van der Waals surface area contributed by atoms with Crippen molar-refractivity contribution in [1.82, 2.24) is 24.4 Å². The zero-order chi connectivity index (χ0) is 11.5. The predicted octanol–water partition coefficient (Wildman–Crippen LogP) is 0.360. The highest BCUT2D eigenvalue weighted by atomic mass is 15.2. The number of nitrogen functional groups attached to an aromatic ring is 1. The van der Waals surface area contributed by atoms with Gasteiger partial charge in [-0.2, -0.15) is 0 Å². The average Bonchev–Trinajstić information content (AvgIpc) is 2.70. The van der Waals surface area contributed by atoms with Crippen molar-refractivity contribution in [3.63, 3.8) is 0 Å². The molecule has 2 heterocycles. The SMILES string of the molecule is CCN(C)CCn1cnc2c(N)ncnc21. The van der Waals surface area contributed by atoms with Crippen LogP contribution in [0.2, 0.25) is 0 Å². The van der Waals surface area contributed by atoms with Crippen LogP contribution in [0.4, 0.5) is 5.82 Å². The highest BCUT2D eigenvalue weighted by Crippen LogP contribution is 2.13. The lowest BCUT2D eigenvalue weighted by atomic mass is 10.5. The Balaban J connectivity index is 2.22. The second-order valence-electron chi connectivity index (χ2n) is 3.76. The first-order chi connectivity index (χ1) is 7.72. The molecule has 16 heavy (non-hydrogen) atoms. The van der Waals surface area contributed by atoms with Crippen LogP contribution in [0, 0.1) is 0 Å². The highest BCUT2D eigenvalue weighted by molar-refractivity contribution is 5.80. The van der Waals surface area contributed by atoms with Crippen LogP contribution in [-0.2, 0) is 6.54 Å². The second-order valence-corrected chi connectivity index (χ2v) is 3.76. The Hall–Kier alpha value is -1.69. The molecule has 2 aromatic heterocycles. The van der Waals surface area contributed by atoms with Gasteiger partial charge in [-0.15, -0.1) is 0 Å². The summed E-state index contributed by atoms with van der Waals surface area (Å²) >= 11 is 0. The largest absolute Gasteiger partial charge is 0.382 e. The molecule has 0 fully saturated rings. The second kappa shape index (κ2) is 4.44. The number of nitrogens with two attached hydrogens (primary N) is 1. The quantitative estimate of drug-likeness (QED) is 0.805. The maximum Gasteiger partial charge on any atom is 0.165 e. The van der Waals surface area contributed by atoms with Gasteiger partial charge in [0.25, 0.3) is 0 Å². The molecule has 0 atom stereocenters. The number of hydrogen-bond donors (Lipinski definition) is 1. The van der Waals surface area contributed by atoms with Crippen LogP contribution >= 0.6 is 0 Å². The summed E-state index contributed by atoms with van der Waals surface area (Å²) in [6.45, 7) is 4.99. The fraction of sp³-hybridized carbons (Fsp3) is 0.500. The fourth-order valence-electron chi connectivity index (χ4n) is 1.50. The summed E-state index contributed by atoms with van der Waals surface area (Å²) in [5.41, 5.74) is 7.20. The molecule has 2 N–H and O–H groups in total. The van der Waals surface area contributed by atoms with Gasteiger partial charge in [-0.05, 0) is 13.6 Å². The van der Waals surface area contributed by atoms with E-state index in [0.717, 1.165) is 25.3 Å². The maximum atomic E-state index is 5.71. The lowest BCUT2D eigenvalue weighted by Gasteiger charge is -2.13. The first kappa shape index (κ1) is 10.8. The zero-order valence-electron chi connectivity index (χ0n) is 9.59. The number of likely N-dealkylation sites (N-methyl/N-ethyl adjacent to an activating group) is 1. The predicted molar refractivity (Wildman–Crippen MR) is 62.9 cm³/mol. The molecule has 0 saturated heterocycles. The van der Waals surface area contributed by atoms with E-state index >= 15 is 0 Å². The molecule has 6 nitrogen and oxygen atoms in total. The van der Waals surface area contributed by atoms with E-state index in [4.69, 9.17) is 5.73 Å². The summed E-state index contributed by atoms with van der Waals surface area (Å²) in [6, 6.07) is 0. The van der Waals surface area contributed by atoms with Gasteiger partial charge in [0, 0.05) is 13.1 Å². The number of fused-ring (bicyclic) bond motifs is 1. The molecule has 0 radical (unpaired) electrons. The van der Waals surface area contributed by atoms with Crippen molar-refractivity contribution >= 4 is 17.0 Å². The molecule has 2 rings (SSSR count). The number of nitrogens with zero attached hydrogens (tertiary/aromatic N) is 5. The van der Waals surface area contributed by atoms with Crippen LogP contribution in [0.5, 0.6) is 0 Å². The molecule has 0 spiro atoms. The van der Waals surface area contributed by atoms with Crippen molar-refractivity contribution in [2.45, 2.75) is 13.5 Å². The van der Waals surface area contributed by atoms with Gasteiger partial charge in [0.1, 0.15) is 11.8 Å². The van der Waals surface area contributed by atoms with Crippen LogP contribution in [0.3, 0.4) is 0 Å². The van der Waals surface area contributed by atoms with Gasteiger partial charge in [-0.25, -0.2) is 15.0 Å². The summed E-state index contributed by atoms with van der Waals surface area (Å²) < 4.78 is 2.00. The summed E-state index contributed by atoms with van der Waals surface area (Å²) in [5.74, 6) is 0.438. The van der Waals surface area contributed by atoms with E-state index in [9.17, 15) is 0 Å². The lowest BCUT2D eigenvalue weighted by Crippen LogP contribution is -2.22. The van der Waals surface area contributed by atoms with E-state index in [-0.39, 0.29) is 0 Å². The van der Waals surface area contributed by atoms with Crippen LogP contribution in [0.25, 0.3) is 11.2 Å². The molecule has 0 saturated carbocycles. The Kier molecular flexibility index (Phi) is 3.00. The molecular formula is C10H16N6. The number of imidazole rings is 1. The number of rotatable bonds is 4. The number of hydrogen-bond acceptors (Lipinski definition) is 5. The molecule has 0 amide bonds. The smallest absolute Gasteiger partial charge is 0.165 e. The normalized spacial score (nSPS) is 11.4. The molecule has 0 aliphatic rings. The molecule has 0 aliphatic carbocycles. The van der Waals surface area contributed by atoms with E-state index in [0.29, 0.717) is 11.3 Å². The van der Waals surface area contributed by atoms with E-state index in [1.165, 1.54) is 6.33 Å². The van der Waals surface area contributed by atoms with E-state index in [1.807, 2.05) is 4.57 Å². The third-order valence-electron chi connectivity index (χ3n) is 2.69. The molecule has 86 valence electrons. The Bertz CT molecular complexity index is 477. The Morgan fingerprint density at radius 2 is 2.19 bits per heavy atom. The van der Waals surface area contributed by atoms with Crippen molar-refractivity contribution in [3.05, 3.63) is 12.7 Å². The lowest BCUT2D eigenvalue weighted by molar-refractivity contribution is 0.337. The topological polar surface area (TPSA) is 72.9 Å². The molecule has 2 aromatic rings. The van der Waals surface area contributed by atoms with Gasteiger partial charge >= 0.3 is 0 Å². The van der Waals surface area contributed by atoms with E-state index in [1.54, 1.807) is 6.33 Å². The molecular weight excluding hydrogens is 204 g/mol. The minimum atomic E-state index is 0.438. The third-order valence-corrected chi connectivity index (χ3v) is 2.69. The Morgan fingerprint density at radius 1 is 1.38 bits per heavy atom. The van der Waals surface area contributed by atoms with Crippen molar-refractivity contribution in [3.8, 4) is 0 Å². The Morgan fingerprint density at radius 3 is 2.94 bits per heavy atom.